The summed E-state index contributed by atoms with van der Waals surface area (Å²) in [7, 11) is 0. The van der Waals surface area contributed by atoms with E-state index in [1.54, 1.807) is 24.3 Å². The molecular weight excluding hydrogens is 418 g/mol. The fraction of sp³-hybridized carbons (Fsp3) is 0.348. The molecule has 4 N–H and O–H groups in total. The van der Waals surface area contributed by atoms with Gasteiger partial charge in [-0.25, -0.2) is 4.79 Å². The molecule has 7 nitrogen and oxygen atoms in total. The first-order chi connectivity index (χ1) is 14.7. The first-order valence-electron chi connectivity index (χ1n) is 10.1. The molecule has 3 amide bonds. The first kappa shape index (κ1) is 24.2. The van der Waals surface area contributed by atoms with Crippen LogP contribution >= 0.6 is 11.6 Å². The number of alkyl carbamates (subject to hydrolysis) is 1. The van der Waals surface area contributed by atoms with Crippen molar-refractivity contribution >= 4 is 29.5 Å². The number of nitrogens with one attached hydrogen (secondary N) is 2. The van der Waals surface area contributed by atoms with Crippen LogP contribution in [0.2, 0.25) is 5.02 Å². The van der Waals surface area contributed by atoms with Crippen molar-refractivity contribution in [1.82, 2.24) is 10.6 Å². The van der Waals surface area contributed by atoms with E-state index in [-0.39, 0.29) is 18.9 Å². The van der Waals surface area contributed by atoms with Crippen LogP contribution in [0.15, 0.2) is 54.6 Å². The summed E-state index contributed by atoms with van der Waals surface area (Å²) in [6.07, 6.45) is -0.154. The highest BCUT2D eigenvalue weighted by atomic mass is 35.5. The monoisotopic (exact) mass is 445 g/mol. The average molecular weight is 446 g/mol. The molecule has 0 aliphatic heterocycles. The Kier molecular flexibility index (Phi) is 9.34. The fourth-order valence-corrected chi connectivity index (χ4v) is 3.22. The molecule has 2 aromatic carbocycles. The van der Waals surface area contributed by atoms with Crippen LogP contribution in [0.25, 0.3) is 0 Å². The predicted octanol–water partition coefficient (Wildman–Crippen LogP) is 3.19. The Labute approximate surface area is 187 Å². The van der Waals surface area contributed by atoms with Crippen molar-refractivity contribution in [2.24, 2.45) is 11.7 Å². The molecule has 31 heavy (non-hydrogen) atoms. The third-order valence-electron chi connectivity index (χ3n) is 4.52. The number of ether oxygens (including phenoxy) is 1. The highest BCUT2D eigenvalue weighted by Crippen LogP contribution is 2.13. The molecule has 0 bridgehead atoms. The number of hydrogen-bond donors (Lipinski definition) is 3. The van der Waals surface area contributed by atoms with Gasteiger partial charge in [-0.1, -0.05) is 67.9 Å². The van der Waals surface area contributed by atoms with E-state index in [1.807, 2.05) is 44.2 Å². The zero-order valence-electron chi connectivity index (χ0n) is 17.6. The van der Waals surface area contributed by atoms with Crippen molar-refractivity contribution in [3.8, 4) is 0 Å². The Morgan fingerprint density at radius 2 is 1.65 bits per heavy atom. The Morgan fingerprint density at radius 3 is 2.26 bits per heavy atom. The average Bonchev–Trinajstić information content (AvgIpc) is 2.71. The van der Waals surface area contributed by atoms with Gasteiger partial charge in [0.05, 0.1) is 0 Å². The summed E-state index contributed by atoms with van der Waals surface area (Å²) < 4.78 is 5.22. The van der Waals surface area contributed by atoms with E-state index in [1.165, 1.54) is 0 Å². The summed E-state index contributed by atoms with van der Waals surface area (Å²) in [5.41, 5.74) is 7.07. The van der Waals surface area contributed by atoms with Gasteiger partial charge in [-0.05, 0) is 35.6 Å². The molecule has 0 unspecified atom stereocenters. The van der Waals surface area contributed by atoms with Crippen LogP contribution in [0.1, 0.15) is 31.4 Å². The molecule has 0 spiro atoms. The molecule has 0 aliphatic carbocycles. The molecule has 166 valence electrons. The highest BCUT2D eigenvalue weighted by Gasteiger charge is 2.27. The van der Waals surface area contributed by atoms with Crippen molar-refractivity contribution in [1.29, 1.82) is 0 Å². The SMILES string of the molecule is CC(C)C[C@H](NC(=O)OCc1ccccc1)C(=O)N[C@@H](Cc1cccc(Cl)c1)C(N)=O. The number of nitrogens with two attached hydrogens (primary N) is 1. The third-order valence-corrected chi connectivity index (χ3v) is 4.75. The topological polar surface area (TPSA) is 111 Å². The number of carbonyl (C=O) groups excluding carboxylic acids is 3. The van der Waals surface area contributed by atoms with E-state index >= 15 is 0 Å². The van der Waals surface area contributed by atoms with Crippen molar-refractivity contribution in [3.63, 3.8) is 0 Å². The van der Waals surface area contributed by atoms with Crippen molar-refractivity contribution < 1.29 is 19.1 Å². The van der Waals surface area contributed by atoms with Crippen LogP contribution in [0.3, 0.4) is 0 Å². The number of primary amides is 1. The van der Waals surface area contributed by atoms with Crippen molar-refractivity contribution in [3.05, 3.63) is 70.7 Å². The second-order valence-corrected chi connectivity index (χ2v) is 8.12. The lowest BCUT2D eigenvalue weighted by Gasteiger charge is -2.23. The number of amides is 3. The Hall–Kier alpha value is -3.06. The molecule has 2 atom stereocenters. The lowest BCUT2D eigenvalue weighted by molar-refractivity contribution is -0.128. The minimum atomic E-state index is -0.942. The van der Waals surface area contributed by atoms with Crippen LogP contribution in [0, 0.1) is 5.92 Å². The minimum Gasteiger partial charge on any atom is -0.445 e. The van der Waals surface area contributed by atoms with Gasteiger partial charge < -0.3 is 21.1 Å². The van der Waals surface area contributed by atoms with E-state index in [9.17, 15) is 14.4 Å². The smallest absolute Gasteiger partial charge is 0.408 e. The Balaban J connectivity index is 2.00. The lowest BCUT2D eigenvalue weighted by atomic mass is 10.0. The molecule has 2 rings (SSSR count). The number of rotatable bonds is 10. The maximum absolute atomic E-state index is 12.8. The highest BCUT2D eigenvalue weighted by molar-refractivity contribution is 6.30. The van der Waals surface area contributed by atoms with Crippen LogP contribution in [-0.2, 0) is 27.4 Å². The van der Waals surface area contributed by atoms with Crippen LogP contribution in [0.4, 0.5) is 4.79 Å². The van der Waals surface area contributed by atoms with Crippen LogP contribution in [0.5, 0.6) is 0 Å². The molecule has 0 aromatic heterocycles. The second-order valence-electron chi connectivity index (χ2n) is 7.69. The number of benzene rings is 2. The second kappa shape index (κ2) is 12.0. The van der Waals surface area contributed by atoms with Gasteiger partial charge in [0.1, 0.15) is 18.7 Å². The Morgan fingerprint density at radius 1 is 0.968 bits per heavy atom. The van der Waals surface area contributed by atoms with E-state index in [0.717, 1.165) is 11.1 Å². The lowest BCUT2D eigenvalue weighted by Crippen LogP contribution is -2.54. The van der Waals surface area contributed by atoms with Gasteiger partial charge in [0.25, 0.3) is 0 Å². The quantitative estimate of drug-likeness (QED) is 0.521. The van der Waals surface area contributed by atoms with Gasteiger partial charge in [-0.2, -0.15) is 0 Å². The predicted molar refractivity (Wildman–Crippen MR) is 119 cm³/mol. The largest absolute Gasteiger partial charge is 0.445 e. The normalized spacial score (nSPS) is 12.6. The van der Waals surface area contributed by atoms with Gasteiger partial charge in [0.15, 0.2) is 0 Å². The van der Waals surface area contributed by atoms with Gasteiger partial charge in [-0.15, -0.1) is 0 Å². The summed E-state index contributed by atoms with van der Waals surface area (Å²) in [5, 5.41) is 5.75. The summed E-state index contributed by atoms with van der Waals surface area (Å²) in [6, 6.07) is 14.4. The van der Waals surface area contributed by atoms with E-state index in [0.29, 0.717) is 11.4 Å². The van der Waals surface area contributed by atoms with Crippen LogP contribution in [-0.4, -0.2) is 30.0 Å². The first-order valence-corrected chi connectivity index (χ1v) is 10.4. The number of carbonyl (C=O) groups is 3. The molecule has 2 aromatic rings. The van der Waals surface area contributed by atoms with Gasteiger partial charge in [0.2, 0.25) is 11.8 Å². The molecule has 8 heteroatoms. The summed E-state index contributed by atoms with van der Waals surface area (Å²) in [4.78, 5) is 37.0. The molecule has 0 saturated heterocycles. The fourth-order valence-electron chi connectivity index (χ4n) is 3.00. The van der Waals surface area contributed by atoms with E-state index in [4.69, 9.17) is 22.1 Å². The molecule has 0 fully saturated rings. The zero-order chi connectivity index (χ0) is 22.8. The van der Waals surface area contributed by atoms with Gasteiger partial charge in [-0.3, -0.25) is 9.59 Å². The standard InChI is InChI=1S/C23H28ClN3O4/c1-15(2)11-20(27-23(30)31-14-16-7-4-3-5-8-16)22(29)26-19(21(25)28)13-17-9-6-10-18(24)12-17/h3-10,12,15,19-20H,11,13-14H2,1-2H3,(H2,25,28)(H,26,29)(H,27,30)/t19-,20-/m0/s1. The molecule has 0 radical (unpaired) electrons. The van der Waals surface area contributed by atoms with Gasteiger partial charge >= 0.3 is 6.09 Å². The van der Waals surface area contributed by atoms with Crippen molar-refractivity contribution in [2.45, 2.75) is 45.4 Å². The maximum atomic E-state index is 12.8. The van der Waals surface area contributed by atoms with E-state index in [2.05, 4.69) is 10.6 Å². The van der Waals surface area contributed by atoms with Crippen LogP contribution < -0.4 is 16.4 Å². The number of halogens is 1. The zero-order valence-corrected chi connectivity index (χ0v) is 18.4. The molecule has 0 heterocycles. The molecular formula is C23H28ClN3O4. The molecule has 0 saturated carbocycles. The van der Waals surface area contributed by atoms with E-state index < -0.39 is 30.0 Å². The van der Waals surface area contributed by atoms with Gasteiger partial charge in [0, 0.05) is 11.4 Å². The summed E-state index contributed by atoms with van der Waals surface area (Å²) in [6.45, 7) is 3.94. The summed E-state index contributed by atoms with van der Waals surface area (Å²) >= 11 is 5.99. The molecule has 0 aliphatic rings. The van der Waals surface area contributed by atoms with Crippen molar-refractivity contribution in [2.75, 3.05) is 0 Å². The Bertz CT molecular complexity index is 889. The summed E-state index contributed by atoms with van der Waals surface area (Å²) in [5.74, 6) is -1.07. The minimum absolute atomic E-state index is 0.0847. The third kappa shape index (κ3) is 8.68. The maximum Gasteiger partial charge on any atom is 0.408 e. The number of hydrogen-bond acceptors (Lipinski definition) is 4.